The average Bonchev–Trinajstić information content (AvgIpc) is 2.82. The lowest BCUT2D eigenvalue weighted by atomic mass is 10.3. The summed E-state index contributed by atoms with van der Waals surface area (Å²) >= 11 is 1.53. The smallest absolute Gasteiger partial charge is 0.245 e. The second kappa shape index (κ2) is 5.09. The highest BCUT2D eigenvalue weighted by molar-refractivity contribution is 7.89. The minimum absolute atomic E-state index is 0.157. The van der Waals surface area contributed by atoms with Crippen molar-refractivity contribution >= 4 is 27.0 Å². The largest absolute Gasteiger partial charge is 0.398 e. The Morgan fingerprint density at radius 3 is 2.56 bits per heavy atom. The van der Waals surface area contributed by atoms with Gasteiger partial charge in [0.2, 0.25) is 10.0 Å². The average molecular weight is 282 g/mol. The zero-order valence-corrected chi connectivity index (χ0v) is 11.5. The summed E-state index contributed by atoms with van der Waals surface area (Å²) in [6.45, 7) is 0.355. The maximum atomic E-state index is 12.3. The van der Waals surface area contributed by atoms with Crippen LogP contribution in [0.5, 0.6) is 0 Å². The molecular formula is C12H14N2O2S2. The predicted octanol–water partition coefficient (Wildman–Crippen LogP) is 2.15. The zero-order chi connectivity index (χ0) is 13.2. The first-order valence-corrected chi connectivity index (χ1v) is 7.67. The number of rotatable bonds is 4. The molecule has 96 valence electrons. The van der Waals surface area contributed by atoms with Crippen molar-refractivity contribution in [2.45, 2.75) is 11.4 Å². The van der Waals surface area contributed by atoms with E-state index in [1.165, 1.54) is 21.7 Å². The Balaban J connectivity index is 2.29. The van der Waals surface area contributed by atoms with E-state index in [4.69, 9.17) is 5.73 Å². The van der Waals surface area contributed by atoms with Gasteiger partial charge in [0.05, 0.1) is 5.69 Å². The number of hydrogen-bond donors (Lipinski definition) is 1. The van der Waals surface area contributed by atoms with Crippen LogP contribution in [0.25, 0.3) is 0 Å². The molecule has 2 aromatic rings. The van der Waals surface area contributed by atoms with Crippen molar-refractivity contribution in [1.82, 2.24) is 4.31 Å². The van der Waals surface area contributed by atoms with E-state index in [1.54, 1.807) is 25.2 Å². The van der Waals surface area contributed by atoms with E-state index < -0.39 is 10.0 Å². The molecule has 0 unspecified atom stereocenters. The number of benzene rings is 1. The van der Waals surface area contributed by atoms with E-state index in [0.29, 0.717) is 6.54 Å². The minimum Gasteiger partial charge on any atom is -0.398 e. The summed E-state index contributed by atoms with van der Waals surface area (Å²) < 4.78 is 26.0. The Labute approximate surface area is 111 Å². The van der Waals surface area contributed by atoms with E-state index in [2.05, 4.69) is 0 Å². The van der Waals surface area contributed by atoms with Crippen LogP contribution in [0.2, 0.25) is 0 Å². The zero-order valence-electron chi connectivity index (χ0n) is 9.91. The van der Waals surface area contributed by atoms with Crippen LogP contribution in [0.4, 0.5) is 5.69 Å². The summed E-state index contributed by atoms with van der Waals surface area (Å²) in [5.41, 5.74) is 5.99. The van der Waals surface area contributed by atoms with Crippen LogP contribution in [0.3, 0.4) is 0 Å². The lowest BCUT2D eigenvalue weighted by molar-refractivity contribution is 0.470. The molecule has 0 spiro atoms. The van der Waals surface area contributed by atoms with Crippen molar-refractivity contribution in [3.63, 3.8) is 0 Å². The number of anilines is 1. The Bertz CT molecular complexity index is 621. The molecule has 0 bridgehead atoms. The van der Waals surface area contributed by atoms with E-state index in [1.807, 2.05) is 17.5 Å². The van der Waals surface area contributed by atoms with Crippen LogP contribution in [0, 0.1) is 0 Å². The molecule has 2 N–H and O–H groups in total. The highest BCUT2D eigenvalue weighted by atomic mass is 32.2. The summed E-state index contributed by atoms with van der Waals surface area (Å²) in [4.78, 5) is 1.15. The van der Waals surface area contributed by atoms with Crippen molar-refractivity contribution in [3.8, 4) is 0 Å². The van der Waals surface area contributed by atoms with Crippen molar-refractivity contribution in [3.05, 3.63) is 46.7 Å². The predicted molar refractivity (Wildman–Crippen MR) is 73.8 cm³/mol. The Hall–Kier alpha value is -1.37. The van der Waals surface area contributed by atoms with Gasteiger partial charge in [0.15, 0.2) is 0 Å². The number of sulfonamides is 1. The number of nitrogen functional groups attached to an aromatic ring is 1. The fourth-order valence-corrected chi connectivity index (χ4v) is 3.69. The maximum absolute atomic E-state index is 12.3. The fourth-order valence-electron chi connectivity index (χ4n) is 1.59. The molecule has 1 aromatic heterocycles. The molecule has 0 radical (unpaired) electrons. The van der Waals surface area contributed by atoms with Crippen LogP contribution in [-0.2, 0) is 16.6 Å². The minimum atomic E-state index is -3.53. The third kappa shape index (κ3) is 2.55. The molecule has 0 fully saturated rings. The van der Waals surface area contributed by atoms with E-state index in [0.717, 1.165) is 4.88 Å². The van der Waals surface area contributed by atoms with E-state index in [-0.39, 0.29) is 10.6 Å². The molecule has 0 aliphatic rings. The first-order valence-electron chi connectivity index (χ1n) is 5.35. The summed E-state index contributed by atoms with van der Waals surface area (Å²) in [7, 11) is -1.97. The molecule has 2 rings (SSSR count). The SMILES string of the molecule is CN(Cc1cccs1)S(=O)(=O)c1ccccc1N. The monoisotopic (exact) mass is 282 g/mol. The van der Waals surface area contributed by atoms with Gasteiger partial charge in [-0.25, -0.2) is 8.42 Å². The van der Waals surface area contributed by atoms with Crippen LogP contribution >= 0.6 is 11.3 Å². The van der Waals surface area contributed by atoms with Gasteiger partial charge in [0.1, 0.15) is 4.90 Å². The molecule has 0 aliphatic carbocycles. The van der Waals surface area contributed by atoms with E-state index in [9.17, 15) is 8.42 Å². The number of nitrogens with two attached hydrogens (primary N) is 1. The van der Waals surface area contributed by atoms with Crippen LogP contribution in [-0.4, -0.2) is 19.8 Å². The Morgan fingerprint density at radius 2 is 1.94 bits per heavy atom. The quantitative estimate of drug-likeness (QED) is 0.874. The molecular weight excluding hydrogens is 268 g/mol. The molecule has 6 heteroatoms. The molecule has 0 saturated carbocycles. The van der Waals surface area contributed by atoms with Crippen molar-refractivity contribution in [2.24, 2.45) is 0 Å². The van der Waals surface area contributed by atoms with Crippen molar-refractivity contribution in [2.75, 3.05) is 12.8 Å². The Kier molecular flexibility index (Phi) is 3.70. The third-order valence-corrected chi connectivity index (χ3v) is 5.30. The van der Waals surface area contributed by atoms with Gasteiger partial charge in [-0.1, -0.05) is 18.2 Å². The standard InChI is InChI=1S/C12H14N2O2S2/c1-14(9-10-5-4-8-17-10)18(15,16)12-7-3-2-6-11(12)13/h2-8H,9,13H2,1H3. The normalized spacial score (nSPS) is 11.9. The van der Waals surface area contributed by atoms with Crippen molar-refractivity contribution in [1.29, 1.82) is 0 Å². The molecule has 0 saturated heterocycles. The van der Waals surface area contributed by atoms with Gasteiger partial charge < -0.3 is 5.73 Å². The summed E-state index contributed by atoms with van der Waals surface area (Å²) in [6.07, 6.45) is 0. The molecule has 1 aromatic carbocycles. The van der Waals surface area contributed by atoms with Gasteiger partial charge in [0, 0.05) is 18.5 Å². The van der Waals surface area contributed by atoms with Crippen LogP contribution < -0.4 is 5.73 Å². The van der Waals surface area contributed by atoms with Crippen LogP contribution in [0.1, 0.15) is 4.88 Å². The van der Waals surface area contributed by atoms with Gasteiger partial charge >= 0.3 is 0 Å². The van der Waals surface area contributed by atoms with Gasteiger partial charge in [-0.05, 0) is 23.6 Å². The van der Waals surface area contributed by atoms with Gasteiger partial charge in [-0.3, -0.25) is 0 Å². The number of para-hydroxylation sites is 1. The molecule has 0 amide bonds. The highest BCUT2D eigenvalue weighted by Gasteiger charge is 2.23. The molecule has 0 atom stereocenters. The van der Waals surface area contributed by atoms with Gasteiger partial charge in [-0.2, -0.15) is 4.31 Å². The van der Waals surface area contributed by atoms with Gasteiger partial charge in [-0.15, -0.1) is 11.3 Å². The second-order valence-corrected chi connectivity index (χ2v) is 6.92. The maximum Gasteiger partial charge on any atom is 0.245 e. The van der Waals surface area contributed by atoms with Crippen LogP contribution in [0.15, 0.2) is 46.7 Å². The Morgan fingerprint density at radius 1 is 1.22 bits per heavy atom. The number of thiophene rings is 1. The van der Waals surface area contributed by atoms with Gasteiger partial charge in [0.25, 0.3) is 0 Å². The van der Waals surface area contributed by atoms with Crippen molar-refractivity contribution < 1.29 is 8.42 Å². The number of hydrogen-bond acceptors (Lipinski definition) is 4. The molecule has 4 nitrogen and oxygen atoms in total. The molecule has 1 heterocycles. The lowest BCUT2D eigenvalue weighted by Crippen LogP contribution is -2.26. The topological polar surface area (TPSA) is 63.4 Å². The van der Waals surface area contributed by atoms with E-state index >= 15 is 0 Å². The first-order chi connectivity index (χ1) is 8.51. The number of nitrogens with zero attached hydrogens (tertiary/aromatic N) is 1. The highest BCUT2D eigenvalue weighted by Crippen LogP contribution is 2.23. The second-order valence-electron chi connectivity index (χ2n) is 3.88. The molecule has 18 heavy (non-hydrogen) atoms. The first kappa shape index (κ1) is 13.1. The fraction of sp³-hybridized carbons (Fsp3) is 0.167. The third-order valence-electron chi connectivity index (χ3n) is 2.57. The molecule has 0 aliphatic heterocycles. The summed E-state index contributed by atoms with van der Waals surface area (Å²) in [6, 6.07) is 10.3. The summed E-state index contributed by atoms with van der Waals surface area (Å²) in [5, 5.41) is 1.92. The summed E-state index contributed by atoms with van der Waals surface area (Å²) in [5.74, 6) is 0. The lowest BCUT2D eigenvalue weighted by Gasteiger charge is -2.17.